The van der Waals surface area contributed by atoms with E-state index in [4.69, 9.17) is 9.84 Å². The molecule has 0 radical (unpaired) electrons. The van der Waals surface area contributed by atoms with Gasteiger partial charge in [-0.3, -0.25) is 4.68 Å². The number of carboxylic acid groups (broad SMARTS) is 1. The molecule has 0 atom stereocenters. The summed E-state index contributed by atoms with van der Waals surface area (Å²) in [6.07, 6.45) is 1.41. The first-order valence-electron chi connectivity index (χ1n) is 6.16. The standard InChI is InChI=1S/C11H21N5O3/c1-15(2)6-8-19-7-4-12-3-5-16-9-10(11(17)18)13-14-16/h9,12H,3-8H2,1-2H3,(H,17,18). The summed E-state index contributed by atoms with van der Waals surface area (Å²) in [5.41, 5.74) is -0.0352. The van der Waals surface area contributed by atoms with E-state index in [1.165, 1.54) is 10.9 Å². The predicted molar refractivity (Wildman–Crippen MR) is 69.2 cm³/mol. The average molecular weight is 271 g/mol. The highest BCUT2D eigenvalue weighted by Crippen LogP contribution is 1.91. The molecule has 1 rings (SSSR count). The van der Waals surface area contributed by atoms with Crippen molar-refractivity contribution >= 4 is 5.97 Å². The zero-order chi connectivity index (χ0) is 14.1. The molecule has 0 aliphatic heterocycles. The van der Waals surface area contributed by atoms with Crippen molar-refractivity contribution in [3.05, 3.63) is 11.9 Å². The van der Waals surface area contributed by atoms with E-state index >= 15 is 0 Å². The lowest BCUT2D eigenvalue weighted by molar-refractivity contribution is 0.0690. The van der Waals surface area contributed by atoms with Gasteiger partial charge in [-0.1, -0.05) is 5.21 Å². The smallest absolute Gasteiger partial charge is 0.358 e. The van der Waals surface area contributed by atoms with Crippen molar-refractivity contribution in [1.82, 2.24) is 25.2 Å². The Balaban J connectivity index is 2.00. The number of nitrogens with zero attached hydrogens (tertiary/aromatic N) is 4. The van der Waals surface area contributed by atoms with Crippen molar-refractivity contribution in [1.29, 1.82) is 0 Å². The van der Waals surface area contributed by atoms with Crippen LogP contribution < -0.4 is 5.32 Å². The first kappa shape index (κ1) is 15.5. The molecule has 0 bridgehead atoms. The number of rotatable bonds is 10. The molecule has 0 aliphatic rings. The molecule has 1 heterocycles. The number of nitrogens with one attached hydrogen (secondary N) is 1. The third-order valence-electron chi connectivity index (χ3n) is 2.38. The van der Waals surface area contributed by atoms with Gasteiger partial charge < -0.3 is 20.1 Å². The van der Waals surface area contributed by atoms with Crippen LogP contribution in [0.1, 0.15) is 10.5 Å². The number of likely N-dealkylation sites (N-methyl/N-ethyl adjacent to an activating group) is 1. The summed E-state index contributed by atoms with van der Waals surface area (Å²) >= 11 is 0. The molecule has 0 aliphatic carbocycles. The third kappa shape index (κ3) is 6.85. The van der Waals surface area contributed by atoms with Crippen LogP contribution in [0.15, 0.2) is 6.20 Å². The molecule has 108 valence electrons. The Kier molecular flexibility index (Phi) is 7.01. The normalized spacial score (nSPS) is 11.1. The van der Waals surface area contributed by atoms with Crippen molar-refractivity contribution in [2.45, 2.75) is 6.54 Å². The molecule has 8 nitrogen and oxygen atoms in total. The number of hydrogen-bond acceptors (Lipinski definition) is 6. The highest BCUT2D eigenvalue weighted by Gasteiger charge is 2.07. The van der Waals surface area contributed by atoms with Gasteiger partial charge in [0.05, 0.1) is 26.0 Å². The van der Waals surface area contributed by atoms with Gasteiger partial charge >= 0.3 is 5.97 Å². The molecule has 8 heteroatoms. The average Bonchev–Trinajstić information content (AvgIpc) is 2.81. The molecule has 0 unspecified atom stereocenters. The van der Waals surface area contributed by atoms with Crippen LogP contribution in [0.4, 0.5) is 0 Å². The minimum Gasteiger partial charge on any atom is -0.476 e. The maximum atomic E-state index is 10.6. The van der Waals surface area contributed by atoms with E-state index in [2.05, 4.69) is 20.5 Å². The SMILES string of the molecule is CN(C)CCOCCNCCn1cc(C(=O)O)nn1. The lowest BCUT2D eigenvalue weighted by Gasteiger charge is -2.10. The monoisotopic (exact) mass is 271 g/mol. The summed E-state index contributed by atoms with van der Waals surface area (Å²) in [5, 5.41) is 19.1. The maximum Gasteiger partial charge on any atom is 0.358 e. The zero-order valence-electron chi connectivity index (χ0n) is 11.4. The third-order valence-corrected chi connectivity index (χ3v) is 2.38. The number of ether oxygens (including phenoxy) is 1. The van der Waals surface area contributed by atoms with Crippen LogP contribution in [0.3, 0.4) is 0 Å². The summed E-state index contributed by atoms with van der Waals surface area (Å²) < 4.78 is 6.92. The Bertz CT molecular complexity index is 380. The molecular weight excluding hydrogens is 250 g/mol. The highest BCUT2D eigenvalue weighted by atomic mass is 16.5. The summed E-state index contributed by atoms with van der Waals surface area (Å²) in [7, 11) is 4.01. The van der Waals surface area contributed by atoms with E-state index in [0.29, 0.717) is 19.7 Å². The fourth-order valence-electron chi connectivity index (χ4n) is 1.32. The highest BCUT2D eigenvalue weighted by molar-refractivity contribution is 5.84. The van der Waals surface area contributed by atoms with Gasteiger partial charge in [0.15, 0.2) is 5.69 Å². The van der Waals surface area contributed by atoms with Crippen molar-refractivity contribution in [2.75, 3.05) is 46.9 Å². The molecule has 0 amide bonds. The predicted octanol–water partition coefficient (Wildman–Crippen LogP) is -0.856. The number of aromatic carboxylic acids is 1. The summed E-state index contributed by atoms with van der Waals surface area (Å²) in [5.74, 6) is -1.06. The number of carbonyl (C=O) groups is 1. The van der Waals surface area contributed by atoms with Gasteiger partial charge in [-0.15, -0.1) is 5.10 Å². The van der Waals surface area contributed by atoms with Crippen LogP contribution in [0.5, 0.6) is 0 Å². The maximum absolute atomic E-state index is 10.6. The zero-order valence-corrected chi connectivity index (χ0v) is 11.4. The van der Waals surface area contributed by atoms with Crippen LogP contribution in [0.25, 0.3) is 0 Å². The topological polar surface area (TPSA) is 92.5 Å². The molecule has 0 fully saturated rings. The molecule has 0 spiro atoms. The Labute approximate surface area is 112 Å². The van der Waals surface area contributed by atoms with Crippen LogP contribution in [-0.2, 0) is 11.3 Å². The van der Waals surface area contributed by atoms with E-state index in [-0.39, 0.29) is 5.69 Å². The Morgan fingerprint density at radius 3 is 2.89 bits per heavy atom. The van der Waals surface area contributed by atoms with Crippen molar-refractivity contribution in [3.63, 3.8) is 0 Å². The Morgan fingerprint density at radius 1 is 1.47 bits per heavy atom. The lowest BCUT2D eigenvalue weighted by atomic mass is 10.5. The summed E-state index contributed by atoms with van der Waals surface area (Å²) in [6, 6.07) is 0. The Morgan fingerprint density at radius 2 is 2.26 bits per heavy atom. The van der Waals surface area contributed by atoms with Gasteiger partial charge in [0.25, 0.3) is 0 Å². The van der Waals surface area contributed by atoms with E-state index in [1.807, 2.05) is 14.1 Å². The number of carboxylic acids is 1. The van der Waals surface area contributed by atoms with Gasteiger partial charge in [0.2, 0.25) is 0 Å². The van der Waals surface area contributed by atoms with Gasteiger partial charge in [0.1, 0.15) is 0 Å². The number of aromatic nitrogens is 3. The van der Waals surface area contributed by atoms with Crippen LogP contribution in [0.2, 0.25) is 0 Å². The quantitative estimate of drug-likeness (QED) is 0.535. The van der Waals surface area contributed by atoms with E-state index in [1.54, 1.807) is 0 Å². The van der Waals surface area contributed by atoms with E-state index in [9.17, 15) is 4.79 Å². The molecule has 0 saturated heterocycles. The molecule has 1 aromatic heterocycles. The second-order valence-electron chi connectivity index (χ2n) is 4.34. The first-order chi connectivity index (χ1) is 9.09. The molecule has 2 N–H and O–H groups in total. The second kappa shape index (κ2) is 8.57. The van der Waals surface area contributed by atoms with Crippen molar-refractivity contribution in [2.24, 2.45) is 0 Å². The van der Waals surface area contributed by atoms with Gasteiger partial charge in [-0.2, -0.15) is 0 Å². The molecule has 19 heavy (non-hydrogen) atoms. The first-order valence-corrected chi connectivity index (χ1v) is 6.16. The van der Waals surface area contributed by atoms with E-state index in [0.717, 1.165) is 19.7 Å². The molecular formula is C11H21N5O3. The van der Waals surface area contributed by atoms with Gasteiger partial charge in [-0.05, 0) is 14.1 Å². The van der Waals surface area contributed by atoms with Crippen molar-refractivity contribution in [3.8, 4) is 0 Å². The summed E-state index contributed by atoms with van der Waals surface area (Å²) in [4.78, 5) is 12.7. The van der Waals surface area contributed by atoms with Gasteiger partial charge in [0, 0.05) is 19.6 Å². The number of hydrogen-bond donors (Lipinski definition) is 2. The van der Waals surface area contributed by atoms with Crippen molar-refractivity contribution < 1.29 is 14.6 Å². The van der Waals surface area contributed by atoms with Crippen LogP contribution in [-0.4, -0.2) is 77.9 Å². The fourth-order valence-corrected chi connectivity index (χ4v) is 1.32. The van der Waals surface area contributed by atoms with Gasteiger partial charge in [-0.25, -0.2) is 4.79 Å². The molecule has 0 saturated carbocycles. The minimum absolute atomic E-state index is 0.0352. The molecule has 0 aromatic carbocycles. The minimum atomic E-state index is -1.06. The van der Waals surface area contributed by atoms with Crippen LogP contribution >= 0.6 is 0 Å². The van der Waals surface area contributed by atoms with Crippen LogP contribution in [0, 0.1) is 0 Å². The Hall–Kier alpha value is -1.51. The molecule has 1 aromatic rings. The summed E-state index contributed by atoms with van der Waals surface area (Å²) in [6.45, 7) is 4.33. The largest absolute Gasteiger partial charge is 0.476 e. The lowest BCUT2D eigenvalue weighted by Crippen LogP contribution is -2.26. The second-order valence-corrected chi connectivity index (χ2v) is 4.34. The fraction of sp³-hybridized carbons (Fsp3) is 0.727. The van der Waals surface area contributed by atoms with E-state index < -0.39 is 5.97 Å².